The molecule has 10 heavy (non-hydrogen) atoms. The summed E-state index contributed by atoms with van der Waals surface area (Å²) in [4.78, 5) is 0. The van der Waals surface area contributed by atoms with E-state index in [1.54, 1.807) is 0 Å². The van der Waals surface area contributed by atoms with Gasteiger partial charge in [0.2, 0.25) is 0 Å². The molecule has 1 fully saturated rings. The summed E-state index contributed by atoms with van der Waals surface area (Å²) in [5.74, 6) is 0. The smallest absolute Gasteiger partial charge is 0.0281 e. The minimum absolute atomic E-state index is 0.673. The third-order valence-electron chi connectivity index (χ3n) is 1.66. The Balaban J connectivity index is 2.01. The summed E-state index contributed by atoms with van der Waals surface area (Å²) in [7, 11) is 0. The molecular weight excluding hydrogens is 184 g/mol. The number of nitrogens with zero attached hydrogens (tertiary/aromatic N) is 1. The highest BCUT2D eigenvalue weighted by atomic mass is 32.3. The van der Waals surface area contributed by atoms with Gasteiger partial charge in [0.05, 0.1) is 0 Å². The van der Waals surface area contributed by atoms with Gasteiger partial charge in [-0.25, -0.2) is 4.72 Å². The van der Waals surface area contributed by atoms with E-state index in [1.807, 2.05) is 0 Å². The molecule has 1 N–H and O–H groups in total. The first-order valence-electron chi connectivity index (χ1n) is 3.39. The van der Waals surface area contributed by atoms with Crippen molar-refractivity contribution in [3.8, 4) is 0 Å². The first kappa shape index (κ1) is 9.06. The van der Waals surface area contributed by atoms with Crippen LogP contribution in [0.5, 0.6) is 0 Å². The summed E-state index contributed by atoms with van der Waals surface area (Å²) in [6, 6.07) is 0.673. The van der Waals surface area contributed by atoms with E-state index in [1.165, 1.54) is 40.9 Å². The SMILES string of the molecule is SN(S)SNC1CCCC1. The lowest BCUT2D eigenvalue weighted by molar-refractivity contribution is 0.655. The zero-order valence-corrected chi connectivity index (χ0v) is 8.26. The van der Waals surface area contributed by atoms with Crippen molar-refractivity contribution in [2.45, 2.75) is 31.7 Å². The first-order valence-corrected chi connectivity index (χ1v) is 4.97. The molecule has 0 aromatic heterocycles. The highest BCUT2D eigenvalue weighted by Gasteiger charge is 2.14. The molecule has 0 heterocycles. The van der Waals surface area contributed by atoms with Gasteiger partial charge in [-0.05, 0) is 12.8 Å². The van der Waals surface area contributed by atoms with Gasteiger partial charge in [0, 0.05) is 18.2 Å². The maximum Gasteiger partial charge on any atom is 0.0281 e. The van der Waals surface area contributed by atoms with E-state index in [0.29, 0.717) is 6.04 Å². The largest absolute Gasteiger partial charge is 0.246 e. The molecular formula is C5H12N2S3. The normalized spacial score (nSPS) is 20.7. The van der Waals surface area contributed by atoms with Crippen LogP contribution in [0.15, 0.2) is 0 Å². The summed E-state index contributed by atoms with van der Waals surface area (Å²) in [5, 5.41) is 0. The quantitative estimate of drug-likeness (QED) is 0.473. The summed E-state index contributed by atoms with van der Waals surface area (Å²) >= 11 is 9.38. The number of hydrogen-bond donors (Lipinski definition) is 3. The average Bonchev–Trinajstić information content (AvgIpc) is 2.34. The van der Waals surface area contributed by atoms with Crippen molar-refractivity contribution >= 4 is 37.8 Å². The molecule has 1 saturated carbocycles. The lowest BCUT2D eigenvalue weighted by Crippen LogP contribution is -2.20. The van der Waals surface area contributed by atoms with Gasteiger partial charge in [0.25, 0.3) is 0 Å². The van der Waals surface area contributed by atoms with Crippen molar-refractivity contribution in [2.75, 3.05) is 0 Å². The Kier molecular flexibility index (Phi) is 4.32. The Morgan fingerprint density at radius 1 is 1.30 bits per heavy atom. The molecule has 0 aromatic rings. The van der Waals surface area contributed by atoms with E-state index in [0.717, 1.165) is 0 Å². The van der Waals surface area contributed by atoms with Crippen molar-refractivity contribution in [1.29, 1.82) is 0 Å². The molecule has 1 rings (SSSR count). The lowest BCUT2D eigenvalue weighted by atomic mass is 10.3. The lowest BCUT2D eigenvalue weighted by Gasteiger charge is -2.12. The van der Waals surface area contributed by atoms with E-state index < -0.39 is 0 Å². The van der Waals surface area contributed by atoms with Crippen molar-refractivity contribution in [2.24, 2.45) is 0 Å². The molecule has 5 heteroatoms. The number of nitrogens with one attached hydrogen (secondary N) is 1. The van der Waals surface area contributed by atoms with Gasteiger partial charge < -0.3 is 0 Å². The van der Waals surface area contributed by atoms with Gasteiger partial charge >= 0.3 is 0 Å². The molecule has 1 aliphatic carbocycles. The van der Waals surface area contributed by atoms with Crippen LogP contribution >= 0.6 is 37.8 Å². The molecule has 0 unspecified atom stereocenters. The molecule has 0 radical (unpaired) electrons. The van der Waals surface area contributed by atoms with Gasteiger partial charge in [-0.1, -0.05) is 38.5 Å². The summed E-state index contributed by atoms with van der Waals surface area (Å²) in [6.07, 6.45) is 5.31. The Morgan fingerprint density at radius 2 is 1.90 bits per heavy atom. The van der Waals surface area contributed by atoms with Gasteiger partial charge in [-0.15, -0.1) is 3.12 Å². The van der Waals surface area contributed by atoms with Gasteiger partial charge in [0.1, 0.15) is 0 Å². The van der Waals surface area contributed by atoms with Crippen LogP contribution in [0.25, 0.3) is 0 Å². The standard InChI is InChI=1S/C5H12N2S3/c8-7(9)10-6-5-3-1-2-4-5/h5-6,8-9H,1-4H2. The fourth-order valence-electron chi connectivity index (χ4n) is 1.17. The van der Waals surface area contributed by atoms with Crippen LogP contribution in [0.2, 0.25) is 0 Å². The summed E-state index contributed by atoms with van der Waals surface area (Å²) < 4.78 is 4.76. The van der Waals surface area contributed by atoms with Crippen molar-refractivity contribution in [1.82, 2.24) is 7.84 Å². The molecule has 2 nitrogen and oxygen atoms in total. The number of hydrogen-bond acceptors (Lipinski definition) is 5. The Labute approximate surface area is 77.5 Å². The average molecular weight is 196 g/mol. The van der Waals surface area contributed by atoms with Crippen molar-refractivity contribution in [3.63, 3.8) is 0 Å². The molecule has 0 saturated heterocycles. The minimum atomic E-state index is 0.673. The Bertz CT molecular complexity index is 92.9. The topological polar surface area (TPSA) is 15.3 Å². The van der Waals surface area contributed by atoms with E-state index in [-0.39, 0.29) is 0 Å². The van der Waals surface area contributed by atoms with Crippen LogP contribution in [0.1, 0.15) is 25.7 Å². The molecule has 0 atom stereocenters. The van der Waals surface area contributed by atoms with Gasteiger partial charge in [-0.3, -0.25) is 0 Å². The Hall–Kier alpha value is 0.970. The minimum Gasteiger partial charge on any atom is -0.246 e. The van der Waals surface area contributed by atoms with Crippen molar-refractivity contribution < 1.29 is 0 Å². The summed E-state index contributed by atoms with van der Waals surface area (Å²) in [5.41, 5.74) is 0. The van der Waals surface area contributed by atoms with Gasteiger partial charge in [-0.2, -0.15) is 0 Å². The van der Waals surface area contributed by atoms with E-state index in [9.17, 15) is 0 Å². The predicted molar refractivity (Wildman–Crippen MR) is 52.8 cm³/mol. The molecule has 0 aliphatic heterocycles. The predicted octanol–water partition coefficient (Wildman–Crippen LogP) is 2.07. The third-order valence-corrected chi connectivity index (χ3v) is 2.75. The van der Waals surface area contributed by atoms with Gasteiger partial charge in [0.15, 0.2) is 0 Å². The summed E-state index contributed by atoms with van der Waals surface area (Å²) in [6.45, 7) is 0. The highest BCUT2D eigenvalue weighted by Crippen LogP contribution is 2.21. The molecule has 1 aliphatic rings. The highest BCUT2D eigenvalue weighted by molar-refractivity contribution is 8.14. The second-order valence-electron chi connectivity index (χ2n) is 2.44. The first-order chi connectivity index (χ1) is 4.79. The second-order valence-corrected chi connectivity index (χ2v) is 4.88. The van der Waals surface area contributed by atoms with E-state index >= 15 is 0 Å². The Morgan fingerprint density at radius 3 is 2.40 bits per heavy atom. The maximum absolute atomic E-state index is 3.97. The zero-order chi connectivity index (χ0) is 7.40. The maximum atomic E-state index is 3.97. The van der Waals surface area contributed by atoms with Crippen LogP contribution in [0.4, 0.5) is 0 Å². The fraction of sp³-hybridized carbons (Fsp3) is 1.00. The van der Waals surface area contributed by atoms with Crippen LogP contribution in [0.3, 0.4) is 0 Å². The molecule has 60 valence electrons. The number of thiol groups is 2. The van der Waals surface area contributed by atoms with Crippen LogP contribution in [0, 0.1) is 0 Å². The molecule has 0 spiro atoms. The monoisotopic (exact) mass is 196 g/mol. The third kappa shape index (κ3) is 3.39. The fourth-order valence-corrected chi connectivity index (χ4v) is 1.93. The molecule has 0 bridgehead atoms. The zero-order valence-electron chi connectivity index (χ0n) is 5.66. The molecule has 0 amide bonds. The van der Waals surface area contributed by atoms with E-state index in [2.05, 4.69) is 30.4 Å². The van der Waals surface area contributed by atoms with E-state index in [4.69, 9.17) is 0 Å². The van der Waals surface area contributed by atoms with Crippen LogP contribution in [-0.2, 0) is 0 Å². The number of rotatable bonds is 3. The van der Waals surface area contributed by atoms with Crippen LogP contribution < -0.4 is 4.72 Å². The van der Waals surface area contributed by atoms with Crippen molar-refractivity contribution in [3.05, 3.63) is 0 Å². The molecule has 0 aromatic carbocycles. The van der Waals surface area contributed by atoms with Crippen LogP contribution in [-0.4, -0.2) is 9.16 Å². The second kappa shape index (κ2) is 4.77.